The first-order valence-electron chi connectivity index (χ1n) is 2.85. The lowest BCUT2D eigenvalue weighted by molar-refractivity contribution is 0.0531. The molecule has 0 amide bonds. The van der Waals surface area contributed by atoms with E-state index < -0.39 is 12.4 Å². The van der Waals surface area contributed by atoms with Gasteiger partial charge in [0.2, 0.25) is 0 Å². The zero-order valence-electron chi connectivity index (χ0n) is 5.50. The summed E-state index contributed by atoms with van der Waals surface area (Å²) >= 11 is 0. The van der Waals surface area contributed by atoms with E-state index in [0.29, 0.717) is 12.4 Å². The van der Waals surface area contributed by atoms with Gasteiger partial charge in [0, 0.05) is 0 Å². The van der Waals surface area contributed by atoms with Gasteiger partial charge in [-0.05, 0) is 6.92 Å². The average Bonchev–Trinajstić information content (AvgIpc) is 2.13. The summed E-state index contributed by atoms with van der Waals surface area (Å²) in [6, 6.07) is 0. The molecule has 0 aromatic carbocycles. The summed E-state index contributed by atoms with van der Waals surface area (Å²) < 4.78 is 4.37. The molecule has 0 aromatic heterocycles. The van der Waals surface area contributed by atoms with Gasteiger partial charge in [-0.2, -0.15) is 0 Å². The van der Waals surface area contributed by atoms with Crippen LogP contribution in [0.4, 0.5) is 4.79 Å². The highest BCUT2D eigenvalue weighted by Crippen LogP contribution is 1.96. The molecule has 1 atom stereocenters. The molecule has 10 heavy (non-hydrogen) atoms. The fourth-order valence-electron chi connectivity index (χ4n) is 0.733. The fraction of sp³-hybridized carbons (Fsp3) is 0.600. The number of nitrogens with one attached hydrogen (secondary N) is 1. The van der Waals surface area contributed by atoms with Gasteiger partial charge in [0.05, 0.1) is 12.4 Å². The Morgan fingerprint density at radius 3 is 3.10 bits per heavy atom. The summed E-state index contributed by atoms with van der Waals surface area (Å²) in [5.41, 5.74) is 0. The van der Waals surface area contributed by atoms with Crippen molar-refractivity contribution in [3.05, 3.63) is 0 Å². The maximum atomic E-state index is 9.95. The summed E-state index contributed by atoms with van der Waals surface area (Å²) in [5, 5.41) is 10.9. The van der Waals surface area contributed by atoms with Crippen molar-refractivity contribution in [2.45, 2.75) is 13.2 Å². The van der Waals surface area contributed by atoms with E-state index in [2.05, 4.69) is 15.0 Å². The Morgan fingerprint density at radius 2 is 2.70 bits per heavy atom. The highest BCUT2D eigenvalue weighted by Gasteiger charge is 2.17. The fourth-order valence-corrected chi connectivity index (χ4v) is 0.733. The van der Waals surface area contributed by atoms with Crippen LogP contribution in [-0.2, 0) is 4.74 Å². The number of hydrogen-bond acceptors (Lipinski definition) is 4. The second kappa shape index (κ2) is 2.55. The first-order valence-corrected chi connectivity index (χ1v) is 2.85. The van der Waals surface area contributed by atoms with Gasteiger partial charge < -0.3 is 15.2 Å². The third-order valence-corrected chi connectivity index (χ3v) is 1.11. The van der Waals surface area contributed by atoms with Gasteiger partial charge in [-0.3, -0.25) is 4.99 Å². The molecule has 0 aromatic rings. The van der Waals surface area contributed by atoms with Crippen LogP contribution >= 0.6 is 0 Å². The van der Waals surface area contributed by atoms with Gasteiger partial charge >= 0.3 is 6.16 Å². The van der Waals surface area contributed by atoms with Crippen molar-refractivity contribution in [1.29, 1.82) is 0 Å². The Bertz CT molecular complexity index is 178. The van der Waals surface area contributed by atoms with E-state index in [1.54, 1.807) is 6.92 Å². The van der Waals surface area contributed by atoms with E-state index in [1.807, 2.05) is 0 Å². The first-order chi connectivity index (χ1) is 4.68. The molecule has 0 saturated carbocycles. The Morgan fingerprint density at radius 1 is 2.00 bits per heavy atom. The number of rotatable bonds is 1. The number of carboxylic acid groups (broad SMARTS) is 1. The molecule has 0 spiro atoms. The van der Waals surface area contributed by atoms with Crippen LogP contribution in [0.25, 0.3) is 0 Å². The van der Waals surface area contributed by atoms with Crippen LogP contribution in [0.15, 0.2) is 4.99 Å². The number of carbonyl (C=O) groups is 1. The third kappa shape index (κ3) is 1.61. The summed E-state index contributed by atoms with van der Waals surface area (Å²) in [7, 11) is 0. The number of nitrogens with zero attached hydrogens (tertiary/aromatic N) is 1. The van der Waals surface area contributed by atoms with Crippen molar-refractivity contribution in [3.8, 4) is 0 Å². The van der Waals surface area contributed by atoms with Crippen LogP contribution in [0, 0.1) is 0 Å². The molecule has 1 heterocycles. The molecule has 5 heteroatoms. The molecule has 1 aliphatic rings. The second-order valence-corrected chi connectivity index (χ2v) is 1.94. The summed E-state index contributed by atoms with van der Waals surface area (Å²) in [5.74, 6) is 0.714. The van der Waals surface area contributed by atoms with E-state index >= 15 is 0 Å². The van der Waals surface area contributed by atoms with Crippen molar-refractivity contribution >= 4 is 12.0 Å². The van der Waals surface area contributed by atoms with E-state index in [9.17, 15) is 4.79 Å². The molecule has 1 unspecified atom stereocenters. The van der Waals surface area contributed by atoms with E-state index in [0.717, 1.165) is 0 Å². The minimum absolute atomic E-state index is 0.373. The lowest BCUT2D eigenvalue weighted by atomic mass is 10.6. The zero-order valence-corrected chi connectivity index (χ0v) is 5.50. The maximum absolute atomic E-state index is 9.95. The molecule has 1 rings (SSSR count). The molecule has 0 radical (unpaired) electrons. The van der Waals surface area contributed by atoms with Crippen LogP contribution in [0.1, 0.15) is 6.92 Å². The van der Waals surface area contributed by atoms with Gasteiger partial charge in [-0.1, -0.05) is 0 Å². The van der Waals surface area contributed by atoms with Gasteiger partial charge in [0.15, 0.2) is 6.23 Å². The topological polar surface area (TPSA) is 70.9 Å². The Labute approximate surface area is 57.7 Å². The number of hydrogen-bond donors (Lipinski definition) is 2. The highest BCUT2D eigenvalue weighted by molar-refractivity contribution is 5.81. The largest absolute Gasteiger partial charge is 0.507 e. The van der Waals surface area contributed by atoms with Crippen LogP contribution in [0.5, 0.6) is 0 Å². The first kappa shape index (κ1) is 6.85. The van der Waals surface area contributed by atoms with Crippen LogP contribution in [0.2, 0.25) is 0 Å². The predicted molar refractivity (Wildman–Crippen MR) is 34.0 cm³/mol. The van der Waals surface area contributed by atoms with E-state index in [4.69, 9.17) is 5.11 Å². The van der Waals surface area contributed by atoms with E-state index in [1.165, 1.54) is 0 Å². The number of ether oxygens (including phenoxy) is 1. The SMILES string of the molecule is CC1=NCC(OC(=O)O)N1. The molecule has 5 nitrogen and oxygen atoms in total. The lowest BCUT2D eigenvalue weighted by Crippen LogP contribution is -2.32. The van der Waals surface area contributed by atoms with Crippen molar-refractivity contribution in [2.75, 3.05) is 6.54 Å². The molecule has 1 aliphatic heterocycles. The zero-order chi connectivity index (χ0) is 7.56. The Hall–Kier alpha value is -1.26. The molecular weight excluding hydrogens is 136 g/mol. The van der Waals surface area contributed by atoms with Gasteiger partial charge in [0.1, 0.15) is 0 Å². The monoisotopic (exact) mass is 144 g/mol. The normalized spacial score (nSPS) is 23.3. The molecule has 0 fully saturated rings. The molecule has 56 valence electrons. The van der Waals surface area contributed by atoms with Crippen molar-refractivity contribution < 1.29 is 14.6 Å². The molecular formula is C5H8N2O3. The average molecular weight is 144 g/mol. The smallest absolute Gasteiger partial charge is 0.450 e. The minimum atomic E-state index is -1.28. The minimum Gasteiger partial charge on any atom is -0.450 e. The Kier molecular flexibility index (Phi) is 1.75. The predicted octanol–water partition coefficient (Wildman–Crippen LogP) is 0.0287. The van der Waals surface area contributed by atoms with Crippen LogP contribution < -0.4 is 5.32 Å². The van der Waals surface area contributed by atoms with Crippen molar-refractivity contribution in [2.24, 2.45) is 4.99 Å². The summed E-state index contributed by atoms with van der Waals surface area (Å²) in [6.07, 6.45) is -1.76. The maximum Gasteiger partial charge on any atom is 0.507 e. The highest BCUT2D eigenvalue weighted by atomic mass is 16.7. The lowest BCUT2D eigenvalue weighted by Gasteiger charge is -2.07. The van der Waals surface area contributed by atoms with E-state index in [-0.39, 0.29) is 0 Å². The summed E-state index contributed by atoms with van der Waals surface area (Å²) in [6.45, 7) is 2.13. The van der Waals surface area contributed by atoms with Gasteiger partial charge in [0.25, 0.3) is 0 Å². The van der Waals surface area contributed by atoms with Gasteiger partial charge in [-0.25, -0.2) is 4.79 Å². The molecule has 2 N–H and O–H groups in total. The van der Waals surface area contributed by atoms with Crippen LogP contribution in [-0.4, -0.2) is 29.9 Å². The Balaban J connectivity index is 2.29. The van der Waals surface area contributed by atoms with Crippen molar-refractivity contribution in [1.82, 2.24) is 5.32 Å². The molecule has 0 bridgehead atoms. The quantitative estimate of drug-likeness (QED) is 0.509. The third-order valence-electron chi connectivity index (χ3n) is 1.11. The number of amidine groups is 1. The molecule has 0 aliphatic carbocycles. The number of aliphatic imine (C=N–C) groups is 1. The second-order valence-electron chi connectivity index (χ2n) is 1.94. The van der Waals surface area contributed by atoms with Crippen LogP contribution in [0.3, 0.4) is 0 Å². The van der Waals surface area contributed by atoms with Crippen molar-refractivity contribution in [3.63, 3.8) is 0 Å². The van der Waals surface area contributed by atoms with Gasteiger partial charge in [-0.15, -0.1) is 0 Å². The standard InChI is InChI=1S/C5H8N2O3/c1-3-6-2-4(7-3)10-5(8)9/h4H,2H2,1H3,(H,6,7)(H,8,9). The summed E-state index contributed by atoms with van der Waals surface area (Å²) in [4.78, 5) is 13.8. The molecule has 0 saturated heterocycles.